The summed E-state index contributed by atoms with van der Waals surface area (Å²) in [5.74, 6) is -1.22. The van der Waals surface area contributed by atoms with Gasteiger partial charge in [0.25, 0.3) is 5.69 Å². The Morgan fingerprint density at radius 2 is 2.04 bits per heavy atom. The summed E-state index contributed by atoms with van der Waals surface area (Å²) < 4.78 is 5.58. The number of nitro benzene ring substituents is 1. The number of nitro groups is 1. The first-order chi connectivity index (χ1) is 10.5. The Morgan fingerprint density at radius 3 is 2.48 bits per heavy atom. The lowest BCUT2D eigenvalue weighted by atomic mass is 10.1. The van der Waals surface area contributed by atoms with Crippen molar-refractivity contribution in [2.45, 2.75) is 38.8 Å². The van der Waals surface area contributed by atoms with E-state index in [2.05, 4.69) is 5.32 Å². The van der Waals surface area contributed by atoms with Crippen LogP contribution >= 0.6 is 22.6 Å². The Bertz CT molecular complexity index is 626. The number of nitrogens with zero attached hydrogens (tertiary/aromatic N) is 1. The zero-order valence-electron chi connectivity index (χ0n) is 12.8. The average molecular weight is 436 g/mol. The zero-order valence-corrected chi connectivity index (χ0v) is 15.0. The second-order valence-electron chi connectivity index (χ2n) is 5.77. The molecule has 0 aromatic heterocycles. The van der Waals surface area contributed by atoms with Gasteiger partial charge in [-0.05, 0) is 48.9 Å². The van der Waals surface area contributed by atoms with E-state index in [1.54, 1.807) is 20.8 Å². The third kappa shape index (κ3) is 6.38. The number of carboxylic acid groups (broad SMARTS) is 1. The molecule has 0 radical (unpaired) electrons. The van der Waals surface area contributed by atoms with E-state index in [4.69, 9.17) is 4.74 Å². The minimum absolute atomic E-state index is 0.00908. The maximum absolute atomic E-state index is 11.7. The molecule has 9 heteroatoms. The Morgan fingerprint density at radius 1 is 1.43 bits per heavy atom. The Kier molecular flexibility index (Phi) is 6.30. The van der Waals surface area contributed by atoms with Crippen molar-refractivity contribution in [2.75, 3.05) is 0 Å². The number of hydrogen-bond acceptors (Lipinski definition) is 5. The van der Waals surface area contributed by atoms with Gasteiger partial charge in [-0.25, -0.2) is 9.59 Å². The molecular formula is C14H17IN2O6. The topological polar surface area (TPSA) is 119 Å². The number of aliphatic carboxylic acids is 1. The fourth-order valence-electron chi connectivity index (χ4n) is 1.69. The van der Waals surface area contributed by atoms with Crippen LogP contribution in [0, 0.1) is 13.7 Å². The van der Waals surface area contributed by atoms with Gasteiger partial charge in [0.1, 0.15) is 11.6 Å². The van der Waals surface area contributed by atoms with Crippen LogP contribution in [-0.2, 0) is 16.0 Å². The summed E-state index contributed by atoms with van der Waals surface area (Å²) in [5, 5.41) is 22.2. The molecule has 1 amide bonds. The maximum Gasteiger partial charge on any atom is 0.408 e. The van der Waals surface area contributed by atoms with Crippen molar-refractivity contribution >= 4 is 40.3 Å². The summed E-state index contributed by atoms with van der Waals surface area (Å²) in [7, 11) is 0. The lowest BCUT2D eigenvalue weighted by Gasteiger charge is -2.22. The van der Waals surface area contributed by atoms with Crippen LogP contribution in [0.1, 0.15) is 26.3 Å². The van der Waals surface area contributed by atoms with Crippen LogP contribution in [0.3, 0.4) is 0 Å². The van der Waals surface area contributed by atoms with Gasteiger partial charge in [-0.2, -0.15) is 0 Å². The monoisotopic (exact) mass is 436 g/mol. The predicted octanol–water partition coefficient (Wildman–Crippen LogP) is 2.72. The number of carbonyl (C=O) groups excluding carboxylic acids is 1. The van der Waals surface area contributed by atoms with Crippen LogP contribution < -0.4 is 5.32 Å². The number of carboxylic acids is 1. The lowest BCUT2D eigenvalue weighted by Crippen LogP contribution is -2.44. The molecule has 126 valence electrons. The first-order valence-corrected chi connectivity index (χ1v) is 7.72. The SMILES string of the molecule is CC(C)(C)OC(=O)NC(Cc1ccc([N+](=O)[O-])cc1I)C(=O)O. The van der Waals surface area contributed by atoms with Gasteiger partial charge < -0.3 is 15.2 Å². The Hall–Kier alpha value is -1.91. The molecule has 2 N–H and O–H groups in total. The van der Waals surface area contributed by atoms with E-state index in [0.29, 0.717) is 9.13 Å². The molecule has 8 nitrogen and oxygen atoms in total. The fourth-order valence-corrected chi connectivity index (χ4v) is 2.40. The molecule has 0 aliphatic carbocycles. The van der Waals surface area contributed by atoms with Gasteiger partial charge in [-0.1, -0.05) is 6.07 Å². The van der Waals surface area contributed by atoms with Crippen molar-refractivity contribution in [3.05, 3.63) is 37.4 Å². The van der Waals surface area contributed by atoms with Crippen molar-refractivity contribution in [2.24, 2.45) is 0 Å². The van der Waals surface area contributed by atoms with Crippen LogP contribution in [0.15, 0.2) is 18.2 Å². The lowest BCUT2D eigenvalue weighted by molar-refractivity contribution is -0.385. The number of hydrogen-bond donors (Lipinski definition) is 2. The van der Waals surface area contributed by atoms with Crippen LogP contribution in [0.25, 0.3) is 0 Å². The predicted molar refractivity (Wildman–Crippen MR) is 90.3 cm³/mol. The van der Waals surface area contributed by atoms with Crippen LogP contribution in [0.2, 0.25) is 0 Å². The summed E-state index contributed by atoms with van der Waals surface area (Å²) in [5.41, 5.74) is -0.237. The van der Waals surface area contributed by atoms with Gasteiger partial charge in [0.05, 0.1) is 4.92 Å². The molecule has 1 unspecified atom stereocenters. The van der Waals surface area contributed by atoms with Gasteiger partial charge in [0.15, 0.2) is 0 Å². The Labute approximate surface area is 146 Å². The molecule has 0 saturated heterocycles. The van der Waals surface area contributed by atoms with E-state index < -0.39 is 28.6 Å². The third-order valence-corrected chi connectivity index (χ3v) is 3.66. The largest absolute Gasteiger partial charge is 0.480 e. The van der Waals surface area contributed by atoms with Crippen LogP contribution in [0.4, 0.5) is 10.5 Å². The van der Waals surface area contributed by atoms with Gasteiger partial charge in [0, 0.05) is 22.1 Å². The van der Waals surface area contributed by atoms with E-state index in [1.807, 2.05) is 22.6 Å². The summed E-state index contributed by atoms with van der Waals surface area (Å²) in [6.07, 6.45) is -0.841. The van der Waals surface area contributed by atoms with E-state index >= 15 is 0 Å². The van der Waals surface area contributed by atoms with Crippen molar-refractivity contribution in [1.82, 2.24) is 5.32 Å². The number of halogens is 1. The molecule has 0 aliphatic heterocycles. The number of amides is 1. The molecule has 0 saturated carbocycles. The molecule has 0 heterocycles. The fraction of sp³-hybridized carbons (Fsp3) is 0.429. The highest BCUT2D eigenvalue weighted by Crippen LogP contribution is 2.21. The standard InChI is InChI=1S/C14H17IN2O6/c1-14(2,3)23-13(20)16-11(12(18)19)6-8-4-5-9(17(21)22)7-10(8)15/h4-5,7,11H,6H2,1-3H3,(H,16,20)(H,18,19). The molecule has 0 bridgehead atoms. The number of carbonyl (C=O) groups is 2. The highest BCUT2D eigenvalue weighted by molar-refractivity contribution is 14.1. The van der Waals surface area contributed by atoms with Gasteiger partial charge in [0.2, 0.25) is 0 Å². The summed E-state index contributed by atoms with van der Waals surface area (Å²) >= 11 is 1.89. The van der Waals surface area contributed by atoms with Gasteiger partial charge in [-0.3, -0.25) is 10.1 Å². The highest BCUT2D eigenvalue weighted by Gasteiger charge is 2.25. The molecule has 0 spiro atoms. The average Bonchev–Trinajstić information content (AvgIpc) is 2.37. The van der Waals surface area contributed by atoms with Gasteiger partial charge >= 0.3 is 12.1 Å². The number of non-ortho nitro benzene ring substituents is 1. The van der Waals surface area contributed by atoms with E-state index in [9.17, 15) is 24.8 Å². The minimum Gasteiger partial charge on any atom is -0.480 e. The number of nitrogens with one attached hydrogen (secondary N) is 1. The maximum atomic E-state index is 11.7. The molecule has 1 rings (SSSR count). The van der Waals surface area contributed by atoms with Crippen molar-refractivity contribution in [3.8, 4) is 0 Å². The van der Waals surface area contributed by atoms with E-state index in [0.717, 1.165) is 0 Å². The Balaban J connectivity index is 2.87. The molecule has 1 atom stereocenters. The summed E-state index contributed by atoms with van der Waals surface area (Å²) in [6, 6.07) is 2.93. The van der Waals surface area contributed by atoms with Crippen molar-refractivity contribution < 1.29 is 24.4 Å². The molecule has 0 fully saturated rings. The summed E-state index contributed by atoms with van der Waals surface area (Å²) in [4.78, 5) is 33.2. The molecule has 1 aromatic carbocycles. The number of alkyl carbamates (subject to hydrolysis) is 1. The molecule has 0 aliphatic rings. The summed E-state index contributed by atoms with van der Waals surface area (Å²) in [6.45, 7) is 5.00. The first-order valence-electron chi connectivity index (χ1n) is 6.65. The second-order valence-corrected chi connectivity index (χ2v) is 6.94. The van der Waals surface area contributed by atoms with Crippen molar-refractivity contribution in [3.63, 3.8) is 0 Å². The number of benzene rings is 1. The van der Waals surface area contributed by atoms with Crippen LogP contribution in [0.5, 0.6) is 0 Å². The van der Waals surface area contributed by atoms with E-state index in [1.165, 1.54) is 18.2 Å². The van der Waals surface area contributed by atoms with E-state index in [-0.39, 0.29) is 12.1 Å². The quantitative estimate of drug-likeness (QED) is 0.416. The molecule has 23 heavy (non-hydrogen) atoms. The van der Waals surface area contributed by atoms with Crippen LogP contribution in [-0.4, -0.2) is 33.7 Å². The minimum atomic E-state index is -1.22. The molecular weight excluding hydrogens is 419 g/mol. The highest BCUT2D eigenvalue weighted by atomic mass is 127. The number of ether oxygens (including phenoxy) is 1. The number of rotatable bonds is 5. The first kappa shape index (κ1) is 19.1. The van der Waals surface area contributed by atoms with Gasteiger partial charge in [-0.15, -0.1) is 0 Å². The normalized spacial score (nSPS) is 12.3. The molecule has 1 aromatic rings. The van der Waals surface area contributed by atoms with Crippen molar-refractivity contribution in [1.29, 1.82) is 0 Å². The smallest absolute Gasteiger partial charge is 0.408 e. The zero-order chi connectivity index (χ0) is 17.8. The second kappa shape index (κ2) is 7.57. The third-order valence-electron chi connectivity index (χ3n) is 2.66.